The van der Waals surface area contributed by atoms with E-state index >= 15 is 0 Å². The highest BCUT2D eigenvalue weighted by Gasteiger charge is 2.38. The third-order valence-electron chi connectivity index (χ3n) is 6.33. The molecule has 1 aliphatic carbocycles. The first-order valence-corrected chi connectivity index (χ1v) is 11.3. The van der Waals surface area contributed by atoms with Crippen LogP contribution in [0.2, 0.25) is 0 Å². The number of aliphatic hydroxyl groups excluding tert-OH is 1. The molecule has 180 valence electrons. The Bertz CT molecular complexity index is 1370. The number of carbonyl (C=O) groups is 1. The van der Waals surface area contributed by atoms with Crippen LogP contribution in [0.5, 0.6) is 17.2 Å². The van der Waals surface area contributed by atoms with E-state index in [0.717, 1.165) is 16.8 Å². The van der Waals surface area contributed by atoms with Gasteiger partial charge in [-0.25, -0.2) is 9.78 Å². The number of pyridine rings is 1. The minimum absolute atomic E-state index is 0.135. The van der Waals surface area contributed by atoms with Gasteiger partial charge in [0.1, 0.15) is 23.2 Å². The predicted octanol–water partition coefficient (Wildman–Crippen LogP) is 4.05. The molecule has 2 unspecified atom stereocenters. The van der Waals surface area contributed by atoms with Gasteiger partial charge < -0.3 is 24.1 Å². The van der Waals surface area contributed by atoms with Crippen LogP contribution in [-0.4, -0.2) is 40.8 Å². The van der Waals surface area contributed by atoms with Gasteiger partial charge in [0.25, 0.3) is 0 Å². The topological polar surface area (TPSA) is 91.5 Å². The van der Waals surface area contributed by atoms with Crippen molar-refractivity contribution in [1.82, 2.24) is 9.38 Å². The second kappa shape index (κ2) is 9.31. The van der Waals surface area contributed by atoms with Gasteiger partial charge in [0.15, 0.2) is 17.5 Å². The molecular formula is C27H26N2O6. The molecule has 2 aromatic carbocycles. The molecule has 0 radical (unpaired) electrons. The molecule has 35 heavy (non-hydrogen) atoms. The number of rotatable bonds is 7. The molecular weight excluding hydrogens is 448 g/mol. The van der Waals surface area contributed by atoms with E-state index in [2.05, 4.69) is 4.98 Å². The van der Waals surface area contributed by atoms with Gasteiger partial charge in [-0.15, -0.1) is 0 Å². The first-order chi connectivity index (χ1) is 17.0. The zero-order valence-electron chi connectivity index (χ0n) is 19.7. The van der Waals surface area contributed by atoms with Crippen molar-refractivity contribution in [3.8, 4) is 17.2 Å². The Kier molecular flexibility index (Phi) is 6.05. The van der Waals surface area contributed by atoms with E-state index in [4.69, 9.17) is 18.9 Å². The highest BCUT2D eigenvalue weighted by molar-refractivity contribution is 5.95. The quantitative estimate of drug-likeness (QED) is 0.404. The summed E-state index contributed by atoms with van der Waals surface area (Å²) in [5.41, 5.74) is 4.24. The molecule has 5 rings (SSSR count). The predicted molar refractivity (Wildman–Crippen MR) is 128 cm³/mol. The van der Waals surface area contributed by atoms with Crippen molar-refractivity contribution in [1.29, 1.82) is 0 Å². The standard InChI is InChI=1S/C27H26N2O6/c1-16-19(15-30)29-13-7-12-22(26(29)28-16)34-25-18-9-5-4-8-17(18)14-23(25)35-27(31)24-20(32-2)10-6-11-21(24)33-3/h4-13,23,25,30H,14-15H2,1-3H3. The number of aromatic nitrogens is 2. The average Bonchev–Trinajstić information content (AvgIpc) is 3.39. The van der Waals surface area contributed by atoms with Crippen LogP contribution < -0.4 is 14.2 Å². The first kappa shape index (κ1) is 22.7. The van der Waals surface area contributed by atoms with Crippen LogP contribution in [0.15, 0.2) is 60.8 Å². The average molecular weight is 475 g/mol. The molecule has 2 atom stereocenters. The smallest absolute Gasteiger partial charge is 0.346 e. The molecule has 0 spiro atoms. The number of hydrogen-bond donors (Lipinski definition) is 1. The van der Waals surface area contributed by atoms with Crippen LogP contribution in [0.25, 0.3) is 5.65 Å². The molecule has 4 aromatic rings. The minimum Gasteiger partial charge on any atom is -0.496 e. The maximum Gasteiger partial charge on any atom is 0.346 e. The van der Waals surface area contributed by atoms with Gasteiger partial charge in [-0.3, -0.25) is 4.40 Å². The summed E-state index contributed by atoms with van der Waals surface area (Å²) in [5, 5.41) is 9.77. The van der Waals surface area contributed by atoms with Crippen LogP contribution in [0, 0.1) is 6.92 Å². The summed E-state index contributed by atoms with van der Waals surface area (Å²) in [6, 6.07) is 16.7. The van der Waals surface area contributed by atoms with Gasteiger partial charge in [0, 0.05) is 12.6 Å². The van der Waals surface area contributed by atoms with Crippen molar-refractivity contribution in [2.45, 2.75) is 32.2 Å². The van der Waals surface area contributed by atoms with Crippen LogP contribution in [0.1, 0.15) is 39.0 Å². The third kappa shape index (κ3) is 3.95. The number of methoxy groups -OCH3 is 2. The number of fused-ring (bicyclic) bond motifs is 2. The number of benzene rings is 2. The van der Waals surface area contributed by atoms with E-state index in [9.17, 15) is 9.90 Å². The van der Waals surface area contributed by atoms with Crippen LogP contribution >= 0.6 is 0 Å². The normalized spacial score (nSPS) is 16.7. The van der Waals surface area contributed by atoms with E-state index in [-0.39, 0.29) is 12.2 Å². The number of ether oxygens (including phenoxy) is 4. The van der Waals surface area contributed by atoms with Crippen molar-refractivity contribution >= 4 is 11.6 Å². The summed E-state index contributed by atoms with van der Waals surface area (Å²) in [5.74, 6) is 0.726. The number of hydrogen-bond acceptors (Lipinski definition) is 7. The van der Waals surface area contributed by atoms with Gasteiger partial charge in [0.2, 0.25) is 0 Å². The maximum atomic E-state index is 13.3. The van der Waals surface area contributed by atoms with E-state index in [1.807, 2.05) is 53.9 Å². The molecule has 0 amide bonds. The summed E-state index contributed by atoms with van der Waals surface area (Å²) < 4.78 is 25.1. The lowest BCUT2D eigenvalue weighted by atomic mass is 10.1. The van der Waals surface area contributed by atoms with Gasteiger partial charge in [-0.1, -0.05) is 30.3 Å². The van der Waals surface area contributed by atoms with Crippen molar-refractivity contribution < 1.29 is 28.8 Å². The summed E-state index contributed by atoms with van der Waals surface area (Å²) in [7, 11) is 2.99. The fourth-order valence-corrected chi connectivity index (χ4v) is 4.64. The second-order valence-corrected chi connectivity index (χ2v) is 8.29. The number of esters is 1. The number of aliphatic hydroxyl groups is 1. The van der Waals surface area contributed by atoms with Gasteiger partial charge in [-0.2, -0.15) is 0 Å². The SMILES string of the molecule is COc1cccc(OC)c1C(=O)OC1Cc2ccccc2C1Oc1cccn2c(CO)c(C)nc12. The number of nitrogens with zero attached hydrogens (tertiary/aromatic N) is 2. The highest BCUT2D eigenvalue weighted by atomic mass is 16.6. The maximum absolute atomic E-state index is 13.3. The van der Waals surface area contributed by atoms with Gasteiger partial charge >= 0.3 is 5.97 Å². The number of aryl methyl sites for hydroxylation is 1. The molecule has 1 aliphatic rings. The molecule has 8 heteroatoms. The summed E-state index contributed by atoms with van der Waals surface area (Å²) in [6.45, 7) is 1.71. The zero-order chi connectivity index (χ0) is 24.5. The zero-order valence-corrected chi connectivity index (χ0v) is 19.7. The van der Waals surface area contributed by atoms with Crippen molar-refractivity contribution in [2.24, 2.45) is 0 Å². The van der Waals surface area contributed by atoms with E-state index in [1.54, 1.807) is 18.2 Å². The summed E-state index contributed by atoms with van der Waals surface area (Å²) >= 11 is 0. The molecule has 8 nitrogen and oxygen atoms in total. The molecule has 0 aliphatic heterocycles. The van der Waals surface area contributed by atoms with Gasteiger partial charge in [0.05, 0.1) is 32.2 Å². The van der Waals surface area contributed by atoms with Crippen LogP contribution in [0.3, 0.4) is 0 Å². The third-order valence-corrected chi connectivity index (χ3v) is 6.33. The first-order valence-electron chi connectivity index (χ1n) is 11.3. The Morgan fingerprint density at radius 2 is 1.74 bits per heavy atom. The van der Waals surface area contributed by atoms with E-state index in [0.29, 0.717) is 35.0 Å². The van der Waals surface area contributed by atoms with Crippen LogP contribution in [0.4, 0.5) is 0 Å². The Labute approximate surface area is 202 Å². The lowest BCUT2D eigenvalue weighted by Gasteiger charge is -2.23. The molecule has 2 heterocycles. The largest absolute Gasteiger partial charge is 0.496 e. The molecule has 0 bridgehead atoms. The summed E-state index contributed by atoms with van der Waals surface area (Å²) in [6.07, 6.45) is 1.21. The Morgan fingerprint density at radius 3 is 2.46 bits per heavy atom. The van der Waals surface area contributed by atoms with Crippen LogP contribution in [-0.2, 0) is 17.8 Å². The highest BCUT2D eigenvalue weighted by Crippen LogP contribution is 2.39. The van der Waals surface area contributed by atoms with Crippen molar-refractivity contribution in [3.05, 3.63) is 88.9 Å². The van der Waals surface area contributed by atoms with Crippen molar-refractivity contribution in [3.63, 3.8) is 0 Å². The Morgan fingerprint density at radius 1 is 1.03 bits per heavy atom. The molecule has 0 saturated carbocycles. The van der Waals surface area contributed by atoms with E-state index in [1.165, 1.54) is 14.2 Å². The summed E-state index contributed by atoms with van der Waals surface area (Å²) in [4.78, 5) is 17.9. The monoisotopic (exact) mass is 474 g/mol. The Balaban J connectivity index is 1.50. The van der Waals surface area contributed by atoms with Gasteiger partial charge in [-0.05, 0) is 42.3 Å². The van der Waals surface area contributed by atoms with Crippen molar-refractivity contribution in [2.75, 3.05) is 14.2 Å². The minimum atomic E-state index is -0.580. The second-order valence-electron chi connectivity index (χ2n) is 8.29. The fraction of sp³-hybridized carbons (Fsp3) is 0.259. The Hall–Kier alpha value is -4.04. The molecule has 0 fully saturated rings. The molecule has 2 aromatic heterocycles. The molecule has 0 saturated heterocycles. The van der Waals surface area contributed by atoms with E-state index < -0.39 is 18.2 Å². The number of carbonyl (C=O) groups excluding carboxylic acids is 1. The lowest BCUT2D eigenvalue weighted by molar-refractivity contribution is -0.00335. The number of imidazole rings is 1. The fourth-order valence-electron chi connectivity index (χ4n) is 4.64. The lowest BCUT2D eigenvalue weighted by Crippen LogP contribution is -2.27. The molecule has 1 N–H and O–H groups in total.